The van der Waals surface area contributed by atoms with Crippen LogP contribution in [0.15, 0.2) is 33.7 Å². The Labute approximate surface area is 83.8 Å². The van der Waals surface area contributed by atoms with Crippen LogP contribution < -0.4 is 0 Å². The average molecular weight is 237 g/mol. The van der Waals surface area contributed by atoms with Crippen molar-refractivity contribution in [3.05, 3.63) is 34.3 Å². The highest BCUT2D eigenvalue weighted by Gasteiger charge is 2.10. The van der Waals surface area contributed by atoms with Crippen LogP contribution in [0.2, 0.25) is 0 Å². The van der Waals surface area contributed by atoms with Crippen molar-refractivity contribution in [3.63, 3.8) is 0 Å². The molecular weight excluding hydrogens is 232 g/mol. The van der Waals surface area contributed by atoms with Crippen LogP contribution in [0.5, 0.6) is 0 Å². The fraction of sp³-hybridized carbons (Fsp3) is 0.111. The minimum atomic E-state index is -0.770. The highest BCUT2D eigenvalue weighted by atomic mass is 79.9. The monoisotopic (exact) mass is 236 g/mol. The number of carbonyl (C=O) groups excluding carboxylic acids is 1. The summed E-state index contributed by atoms with van der Waals surface area (Å²) in [6, 6.07) is 8.27. The lowest BCUT2D eigenvalue weighted by atomic mass is 10.1. The summed E-state index contributed by atoms with van der Waals surface area (Å²) in [7, 11) is 0. The van der Waals surface area contributed by atoms with Gasteiger partial charge in [-0.2, -0.15) is 10.3 Å². The Bertz CT molecular complexity index is 391. The lowest BCUT2D eigenvalue weighted by molar-refractivity contribution is 0.561. The first-order valence-corrected chi connectivity index (χ1v) is 4.30. The number of rotatable bonds is 2. The van der Waals surface area contributed by atoms with Gasteiger partial charge >= 0.3 is 0 Å². The first-order chi connectivity index (χ1) is 6.29. The van der Waals surface area contributed by atoms with Crippen molar-refractivity contribution in [2.24, 2.45) is 4.99 Å². The maximum absolute atomic E-state index is 10.0. The van der Waals surface area contributed by atoms with Crippen LogP contribution in [0.4, 0.5) is 0 Å². The highest BCUT2D eigenvalue weighted by molar-refractivity contribution is 9.10. The molecule has 0 aliphatic heterocycles. The van der Waals surface area contributed by atoms with E-state index >= 15 is 0 Å². The van der Waals surface area contributed by atoms with E-state index in [1.165, 1.54) is 6.08 Å². The molecule has 0 aliphatic carbocycles. The molecule has 4 heteroatoms. The number of halogens is 1. The minimum absolute atomic E-state index is 0.674. The van der Waals surface area contributed by atoms with Crippen molar-refractivity contribution in [1.29, 1.82) is 5.26 Å². The zero-order valence-electron chi connectivity index (χ0n) is 6.57. The number of benzene rings is 1. The number of hydrogen-bond donors (Lipinski definition) is 0. The summed E-state index contributed by atoms with van der Waals surface area (Å²) in [5, 5.41) is 8.69. The zero-order valence-corrected chi connectivity index (χ0v) is 8.15. The summed E-state index contributed by atoms with van der Waals surface area (Å²) in [6.07, 6.45) is 1.38. The van der Waals surface area contributed by atoms with E-state index in [4.69, 9.17) is 5.26 Å². The molecule has 0 bridgehead atoms. The highest BCUT2D eigenvalue weighted by Crippen LogP contribution is 2.24. The van der Waals surface area contributed by atoms with Crippen LogP contribution in [-0.4, -0.2) is 6.08 Å². The fourth-order valence-electron chi connectivity index (χ4n) is 0.918. The van der Waals surface area contributed by atoms with Gasteiger partial charge in [-0.15, -0.1) is 0 Å². The Morgan fingerprint density at radius 1 is 1.46 bits per heavy atom. The second-order valence-corrected chi connectivity index (χ2v) is 3.13. The Hall–Kier alpha value is -1.43. The second-order valence-electron chi connectivity index (χ2n) is 2.27. The Morgan fingerprint density at radius 3 is 2.69 bits per heavy atom. The smallest absolute Gasteiger partial charge is 0.211 e. The molecule has 0 aliphatic rings. The third-order valence-electron chi connectivity index (χ3n) is 1.50. The predicted molar refractivity (Wildman–Crippen MR) is 50.6 cm³/mol. The summed E-state index contributed by atoms with van der Waals surface area (Å²) in [5.74, 6) is 0. The molecule has 0 fully saturated rings. The molecule has 0 N–H and O–H groups in total. The molecule has 0 amide bonds. The van der Waals surface area contributed by atoms with Crippen molar-refractivity contribution < 1.29 is 4.79 Å². The first-order valence-electron chi connectivity index (χ1n) is 3.50. The molecule has 64 valence electrons. The maximum Gasteiger partial charge on any atom is 0.236 e. The van der Waals surface area contributed by atoms with Crippen LogP contribution in [-0.2, 0) is 4.79 Å². The topological polar surface area (TPSA) is 53.2 Å². The number of nitrogens with zero attached hydrogens (tertiary/aromatic N) is 2. The van der Waals surface area contributed by atoms with E-state index in [9.17, 15) is 4.79 Å². The molecule has 1 atom stereocenters. The minimum Gasteiger partial charge on any atom is -0.211 e. The van der Waals surface area contributed by atoms with Crippen LogP contribution in [0.3, 0.4) is 0 Å². The molecule has 1 aromatic rings. The van der Waals surface area contributed by atoms with Crippen LogP contribution in [0.1, 0.15) is 11.6 Å². The van der Waals surface area contributed by atoms with E-state index < -0.39 is 6.04 Å². The van der Waals surface area contributed by atoms with E-state index in [-0.39, 0.29) is 0 Å². The molecule has 3 nitrogen and oxygen atoms in total. The lowest BCUT2D eigenvalue weighted by Crippen LogP contribution is -1.92. The van der Waals surface area contributed by atoms with E-state index in [1.54, 1.807) is 18.2 Å². The van der Waals surface area contributed by atoms with Crippen LogP contribution in [0.25, 0.3) is 0 Å². The fourth-order valence-corrected chi connectivity index (χ4v) is 1.42. The molecule has 13 heavy (non-hydrogen) atoms. The van der Waals surface area contributed by atoms with Gasteiger partial charge in [-0.3, -0.25) is 0 Å². The van der Waals surface area contributed by atoms with E-state index in [0.29, 0.717) is 5.56 Å². The average Bonchev–Trinajstić information content (AvgIpc) is 2.16. The Balaban J connectivity index is 3.13. The standard InChI is InChI=1S/C9H5BrN2O/c10-8-4-2-1-3-7(8)9(5-11)12-6-13/h1-4,9H. The molecule has 0 spiro atoms. The summed E-state index contributed by atoms with van der Waals surface area (Å²) in [5.41, 5.74) is 0.674. The van der Waals surface area contributed by atoms with Gasteiger partial charge in [0.15, 0.2) is 6.04 Å². The molecule has 0 heterocycles. The molecule has 1 unspecified atom stereocenters. The first kappa shape index (κ1) is 9.66. The summed E-state index contributed by atoms with van der Waals surface area (Å²) in [4.78, 5) is 13.4. The molecule has 0 saturated heterocycles. The number of hydrogen-bond acceptors (Lipinski definition) is 3. The van der Waals surface area contributed by atoms with E-state index in [2.05, 4.69) is 20.9 Å². The summed E-state index contributed by atoms with van der Waals surface area (Å²) >= 11 is 3.27. The van der Waals surface area contributed by atoms with Crippen molar-refractivity contribution >= 4 is 22.0 Å². The molecule has 0 aromatic heterocycles. The Morgan fingerprint density at radius 2 is 2.15 bits per heavy atom. The van der Waals surface area contributed by atoms with Crippen molar-refractivity contribution in [2.75, 3.05) is 0 Å². The van der Waals surface area contributed by atoms with Gasteiger partial charge in [0.2, 0.25) is 6.08 Å². The summed E-state index contributed by atoms with van der Waals surface area (Å²) < 4.78 is 0.764. The quantitative estimate of drug-likeness (QED) is 0.585. The van der Waals surface area contributed by atoms with E-state index in [1.807, 2.05) is 12.1 Å². The molecule has 0 saturated carbocycles. The Kier molecular flexibility index (Phi) is 3.39. The van der Waals surface area contributed by atoms with Gasteiger partial charge in [0.25, 0.3) is 0 Å². The van der Waals surface area contributed by atoms with Gasteiger partial charge in [-0.1, -0.05) is 34.1 Å². The SMILES string of the molecule is N#CC(N=C=O)c1ccccc1Br. The van der Waals surface area contributed by atoms with Crippen LogP contribution in [0, 0.1) is 11.3 Å². The number of aliphatic imine (C=N–C) groups is 1. The second kappa shape index (κ2) is 4.56. The normalized spacial score (nSPS) is 11.1. The summed E-state index contributed by atoms with van der Waals surface area (Å²) in [6.45, 7) is 0. The predicted octanol–water partition coefficient (Wildman–Crippen LogP) is 2.35. The maximum atomic E-state index is 10.0. The third kappa shape index (κ3) is 2.25. The molecule has 0 radical (unpaired) electrons. The molecular formula is C9H5BrN2O. The number of isocyanates is 1. The van der Waals surface area contributed by atoms with Crippen molar-refractivity contribution in [1.82, 2.24) is 0 Å². The largest absolute Gasteiger partial charge is 0.236 e. The van der Waals surface area contributed by atoms with Gasteiger partial charge in [-0.05, 0) is 6.07 Å². The lowest BCUT2D eigenvalue weighted by Gasteiger charge is -2.03. The third-order valence-corrected chi connectivity index (χ3v) is 2.23. The van der Waals surface area contributed by atoms with Crippen LogP contribution >= 0.6 is 15.9 Å². The van der Waals surface area contributed by atoms with E-state index in [0.717, 1.165) is 4.47 Å². The van der Waals surface area contributed by atoms with Gasteiger partial charge in [0.05, 0.1) is 6.07 Å². The molecule has 1 rings (SSSR count). The van der Waals surface area contributed by atoms with Gasteiger partial charge in [0, 0.05) is 10.0 Å². The van der Waals surface area contributed by atoms with Gasteiger partial charge < -0.3 is 0 Å². The van der Waals surface area contributed by atoms with Gasteiger partial charge in [-0.25, -0.2) is 4.79 Å². The zero-order chi connectivity index (χ0) is 9.68. The number of nitriles is 1. The van der Waals surface area contributed by atoms with Gasteiger partial charge in [0.1, 0.15) is 0 Å². The van der Waals surface area contributed by atoms with Crippen molar-refractivity contribution in [2.45, 2.75) is 6.04 Å². The van der Waals surface area contributed by atoms with Crippen molar-refractivity contribution in [3.8, 4) is 6.07 Å². The molecule has 1 aromatic carbocycles.